The highest BCUT2D eigenvalue weighted by molar-refractivity contribution is 7.90. The second-order valence-electron chi connectivity index (χ2n) is 8.12. The molecule has 0 radical (unpaired) electrons. The van der Waals surface area contributed by atoms with E-state index in [2.05, 4.69) is 15.3 Å². The first-order valence-corrected chi connectivity index (χ1v) is 13.2. The quantitative estimate of drug-likeness (QED) is 0.447. The van der Waals surface area contributed by atoms with Gasteiger partial charge in [-0.1, -0.05) is 6.07 Å². The number of amides is 1. The number of carbonyl (C=O) groups excluding carboxylic acids is 1. The molecule has 1 atom stereocenters. The number of fused-ring (bicyclic) bond motifs is 3. The molecule has 33 heavy (non-hydrogen) atoms. The third kappa shape index (κ3) is 4.17. The second-order valence-corrected chi connectivity index (χ2v) is 11.2. The number of likely N-dealkylation sites (tertiary alicyclic amines) is 1. The molecule has 0 saturated carbocycles. The van der Waals surface area contributed by atoms with E-state index >= 15 is 0 Å². The molecule has 0 unspecified atom stereocenters. The van der Waals surface area contributed by atoms with Crippen molar-refractivity contribution in [1.29, 1.82) is 0 Å². The average Bonchev–Trinajstić information content (AvgIpc) is 3.45. The van der Waals surface area contributed by atoms with Crippen LogP contribution in [0.1, 0.15) is 22.5 Å². The normalized spacial score (nSPS) is 16.5. The van der Waals surface area contributed by atoms with E-state index in [1.165, 1.54) is 17.4 Å². The van der Waals surface area contributed by atoms with E-state index in [0.29, 0.717) is 28.6 Å². The maximum Gasteiger partial charge on any atom is 0.264 e. The number of hydrogen-bond acceptors (Lipinski definition) is 8. The maximum absolute atomic E-state index is 13.1. The first-order valence-electron chi connectivity index (χ1n) is 10.5. The zero-order chi connectivity index (χ0) is 23.2. The van der Waals surface area contributed by atoms with Gasteiger partial charge >= 0.3 is 0 Å². The molecular formula is C23H22N4O4S2. The Morgan fingerprint density at radius 2 is 2.12 bits per heavy atom. The van der Waals surface area contributed by atoms with E-state index in [9.17, 15) is 18.3 Å². The third-order valence-electron chi connectivity index (χ3n) is 5.83. The van der Waals surface area contributed by atoms with Gasteiger partial charge < -0.3 is 15.3 Å². The van der Waals surface area contributed by atoms with Gasteiger partial charge in [0.15, 0.2) is 9.84 Å². The van der Waals surface area contributed by atoms with Crippen LogP contribution < -0.4 is 5.32 Å². The lowest BCUT2D eigenvalue weighted by Crippen LogP contribution is -2.37. The Morgan fingerprint density at radius 3 is 2.91 bits per heavy atom. The average molecular weight is 483 g/mol. The molecule has 1 saturated heterocycles. The van der Waals surface area contributed by atoms with Crippen LogP contribution in [0.4, 0.5) is 11.6 Å². The highest BCUT2D eigenvalue weighted by Crippen LogP contribution is 2.33. The van der Waals surface area contributed by atoms with Gasteiger partial charge in [-0.3, -0.25) is 4.79 Å². The molecule has 4 aromatic rings. The number of carbonyl (C=O) groups is 1. The maximum atomic E-state index is 13.1. The molecule has 1 amide bonds. The summed E-state index contributed by atoms with van der Waals surface area (Å²) < 4.78 is 24.6. The molecule has 2 aromatic carbocycles. The topological polar surface area (TPSA) is 112 Å². The van der Waals surface area contributed by atoms with Crippen LogP contribution in [-0.4, -0.2) is 59.7 Å². The molecule has 5 rings (SSSR count). The molecule has 1 fully saturated rings. The highest BCUT2D eigenvalue weighted by atomic mass is 32.2. The number of nitrogens with one attached hydrogen (secondary N) is 1. The second kappa shape index (κ2) is 8.36. The number of anilines is 2. The van der Waals surface area contributed by atoms with Crippen molar-refractivity contribution in [3.8, 4) is 0 Å². The van der Waals surface area contributed by atoms with E-state index in [1.807, 2.05) is 18.2 Å². The Labute approximate surface area is 194 Å². The van der Waals surface area contributed by atoms with Crippen LogP contribution in [0.3, 0.4) is 0 Å². The number of sulfone groups is 1. The van der Waals surface area contributed by atoms with Crippen molar-refractivity contribution in [2.45, 2.75) is 23.8 Å². The van der Waals surface area contributed by atoms with Crippen LogP contribution in [0, 0.1) is 0 Å². The number of hydrogen-bond donors (Lipinski definition) is 2. The van der Waals surface area contributed by atoms with Crippen LogP contribution in [0.5, 0.6) is 0 Å². The zero-order valence-corrected chi connectivity index (χ0v) is 19.5. The number of benzene rings is 2. The first kappa shape index (κ1) is 21.7. The summed E-state index contributed by atoms with van der Waals surface area (Å²) >= 11 is 1.41. The monoisotopic (exact) mass is 482 g/mol. The molecule has 170 valence electrons. The summed E-state index contributed by atoms with van der Waals surface area (Å²) in [5.74, 6) is 0.269. The lowest BCUT2D eigenvalue weighted by Gasteiger charge is -2.22. The van der Waals surface area contributed by atoms with Crippen molar-refractivity contribution in [1.82, 2.24) is 14.9 Å². The number of thiophene rings is 1. The van der Waals surface area contributed by atoms with Gasteiger partial charge in [0.05, 0.1) is 27.9 Å². The van der Waals surface area contributed by atoms with Gasteiger partial charge in [0, 0.05) is 40.2 Å². The number of aliphatic hydroxyl groups is 1. The summed E-state index contributed by atoms with van der Waals surface area (Å²) in [5.41, 5.74) is 1.27. The number of aromatic nitrogens is 2. The highest BCUT2D eigenvalue weighted by Gasteiger charge is 2.29. The smallest absolute Gasteiger partial charge is 0.264 e. The van der Waals surface area contributed by atoms with Crippen LogP contribution >= 0.6 is 11.3 Å². The number of rotatable bonds is 5. The molecular weight excluding hydrogens is 460 g/mol. The van der Waals surface area contributed by atoms with E-state index < -0.39 is 9.84 Å². The molecule has 2 aromatic heterocycles. The van der Waals surface area contributed by atoms with Gasteiger partial charge in [-0.05, 0) is 49.2 Å². The Balaban J connectivity index is 1.51. The summed E-state index contributed by atoms with van der Waals surface area (Å²) in [7, 11) is -3.33. The fraction of sp³-hybridized carbons (Fsp3) is 0.261. The van der Waals surface area contributed by atoms with E-state index in [0.717, 1.165) is 34.6 Å². The lowest BCUT2D eigenvalue weighted by atomic mass is 10.1. The van der Waals surface area contributed by atoms with Gasteiger partial charge in [0.25, 0.3) is 5.91 Å². The predicted octanol–water partition coefficient (Wildman–Crippen LogP) is 3.59. The predicted molar refractivity (Wildman–Crippen MR) is 129 cm³/mol. The van der Waals surface area contributed by atoms with Crippen molar-refractivity contribution in [3.05, 3.63) is 53.5 Å². The summed E-state index contributed by atoms with van der Waals surface area (Å²) in [6.07, 6.45) is 4.58. The zero-order valence-electron chi connectivity index (χ0n) is 17.9. The molecule has 0 bridgehead atoms. The largest absolute Gasteiger partial charge is 0.394 e. The van der Waals surface area contributed by atoms with E-state index in [-0.39, 0.29) is 23.5 Å². The number of aliphatic hydroxyl groups excluding tert-OH is 1. The molecule has 10 heteroatoms. The van der Waals surface area contributed by atoms with Gasteiger partial charge in [0.2, 0.25) is 5.95 Å². The van der Waals surface area contributed by atoms with Gasteiger partial charge in [-0.15, -0.1) is 11.3 Å². The standard InChI is InChI=1S/C23H22N4O4S2/c1-33(30,31)17-6-2-4-15(10-17)25-23-24-12-14-7-8-19-18(21(14)26-23)11-20(32-19)22(29)27-9-3-5-16(27)13-28/h2,4,6-8,10-12,16,28H,3,5,9,13H2,1H3,(H,24,25,26)/t16-/m0/s1. The Morgan fingerprint density at radius 1 is 1.27 bits per heavy atom. The Hall–Kier alpha value is -3.08. The molecule has 0 spiro atoms. The van der Waals surface area contributed by atoms with Crippen molar-refractivity contribution in [2.24, 2.45) is 0 Å². The molecule has 3 heterocycles. The van der Waals surface area contributed by atoms with Gasteiger partial charge in [-0.25, -0.2) is 18.4 Å². The van der Waals surface area contributed by atoms with Crippen molar-refractivity contribution < 1.29 is 18.3 Å². The minimum absolute atomic E-state index is 0.0254. The minimum atomic E-state index is -3.33. The van der Waals surface area contributed by atoms with Crippen molar-refractivity contribution >= 4 is 59.7 Å². The molecule has 1 aliphatic rings. The molecule has 0 aliphatic carbocycles. The van der Waals surface area contributed by atoms with E-state index in [4.69, 9.17) is 0 Å². The molecule has 2 N–H and O–H groups in total. The third-order valence-corrected chi connectivity index (χ3v) is 8.02. The van der Waals surface area contributed by atoms with Crippen LogP contribution in [0.25, 0.3) is 21.0 Å². The van der Waals surface area contributed by atoms with Crippen molar-refractivity contribution in [2.75, 3.05) is 24.7 Å². The van der Waals surface area contributed by atoms with Crippen LogP contribution in [-0.2, 0) is 9.84 Å². The summed E-state index contributed by atoms with van der Waals surface area (Å²) in [4.78, 5) is 24.7. The Kier molecular flexibility index (Phi) is 5.51. The SMILES string of the molecule is CS(=O)(=O)c1cccc(Nc2ncc3ccc4sc(C(=O)N5CCC[C@H]5CO)cc4c3n2)c1. The minimum Gasteiger partial charge on any atom is -0.394 e. The van der Waals surface area contributed by atoms with Crippen LogP contribution in [0.15, 0.2) is 53.6 Å². The van der Waals surface area contributed by atoms with Gasteiger partial charge in [0.1, 0.15) is 0 Å². The lowest BCUT2D eigenvalue weighted by molar-refractivity contribution is 0.0682. The fourth-order valence-electron chi connectivity index (χ4n) is 4.14. The Bertz CT molecular complexity index is 1480. The molecule has 8 nitrogen and oxygen atoms in total. The summed E-state index contributed by atoms with van der Waals surface area (Å²) in [6, 6.07) is 12.1. The summed E-state index contributed by atoms with van der Waals surface area (Å²) in [5, 5.41) is 14.3. The summed E-state index contributed by atoms with van der Waals surface area (Å²) in [6.45, 7) is 0.629. The molecule has 1 aliphatic heterocycles. The first-order chi connectivity index (χ1) is 15.8. The van der Waals surface area contributed by atoms with Gasteiger partial charge in [-0.2, -0.15) is 0 Å². The number of nitrogens with zero attached hydrogens (tertiary/aromatic N) is 3. The van der Waals surface area contributed by atoms with E-state index in [1.54, 1.807) is 29.3 Å². The van der Waals surface area contributed by atoms with Crippen LogP contribution in [0.2, 0.25) is 0 Å². The fourth-order valence-corrected chi connectivity index (χ4v) is 5.83. The van der Waals surface area contributed by atoms with Crippen molar-refractivity contribution in [3.63, 3.8) is 0 Å².